The van der Waals surface area contributed by atoms with Crippen LogP contribution < -0.4 is 10.2 Å². The van der Waals surface area contributed by atoms with Gasteiger partial charge in [-0.1, -0.05) is 24.3 Å². The van der Waals surface area contributed by atoms with Gasteiger partial charge < -0.3 is 20.2 Å². The summed E-state index contributed by atoms with van der Waals surface area (Å²) < 4.78 is 1.08. The van der Waals surface area contributed by atoms with Gasteiger partial charge in [-0.2, -0.15) is 0 Å². The van der Waals surface area contributed by atoms with Crippen LogP contribution in [-0.2, 0) is 29.0 Å². The summed E-state index contributed by atoms with van der Waals surface area (Å²) in [6.07, 6.45) is 0.725. The number of carboxylic acids is 1. The Hall–Kier alpha value is -2.97. The highest BCUT2D eigenvalue weighted by Crippen LogP contribution is 2.40. The number of rotatable bonds is 7. The van der Waals surface area contributed by atoms with E-state index in [1.54, 1.807) is 11.3 Å². The summed E-state index contributed by atoms with van der Waals surface area (Å²) in [5, 5.41) is 13.3. The third-order valence-corrected chi connectivity index (χ3v) is 7.96. The lowest BCUT2D eigenvalue weighted by Gasteiger charge is -2.44. The Morgan fingerprint density at radius 2 is 1.88 bits per heavy atom. The van der Waals surface area contributed by atoms with Gasteiger partial charge in [0.15, 0.2) is 0 Å². The minimum absolute atomic E-state index is 0.180. The van der Waals surface area contributed by atoms with Gasteiger partial charge in [0.05, 0.1) is 28.6 Å². The van der Waals surface area contributed by atoms with Gasteiger partial charge in [0.1, 0.15) is 5.01 Å². The van der Waals surface area contributed by atoms with Crippen molar-refractivity contribution in [3.8, 4) is 0 Å². The first-order valence-corrected chi connectivity index (χ1v) is 12.0. The summed E-state index contributed by atoms with van der Waals surface area (Å²) in [7, 11) is 4.22. The molecule has 0 unspecified atom stereocenters. The van der Waals surface area contributed by atoms with Crippen LogP contribution in [0.4, 0.5) is 5.69 Å². The molecule has 1 fully saturated rings. The van der Waals surface area contributed by atoms with Gasteiger partial charge in [-0.15, -0.1) is 11.3 Å². The van der Waals surface area contributed by atoms with Crippen molar-refractivity contribution in [2.45, 2.75) is 31.8 Å². The van der Waals surface area contributed by atoms with Crippen LogP contribution in [0, 0.1) is 5.41 Å². The lowest BCUT2D eigenvalue weighted by Crippen LogP contribution is -2.57. The molecule has 0 radical (unpaired) electrons. The average molecular weight is 465 g/mol. The maximum atomic E-state index is 13.2. The van der Waals surface area contributed by atoms with Gasteiger partial charge in [0.2, 0.25) is 5.91 Å². The van der Waals surface area contributed by atoms with E-state index in [9.17, 15) is 14.7 Å². The standard InChI is InChI=1S/C25H28N4O3S/c1-28(2)19-14-29(15-19)18-7-8-21-20(9-18)27-22(33-21)13-26-24(32)25(12-23(30)31)10-16-5-3-4-6-17(16)11-25/h3-9,19H,10-15H2,1-2H3,(H,26,32)(H,30,31). The molecule has 1 amide bonds. The number of amides is 1. The third-order valence-electron chi connectivity index (χ3n) is 6.92. The molecular weight excluding hydrogens is 436 g/mol. The number of nitrogens with zero attached hydrogens (tertiary/aromatic N) is 3. The maximum Gasteiger partial charge on any atom is 0.304 e. The highest BCUT2D eigenvalue weighted by Gasteiger charge is 2.45. The van der Waals surface area contributed by atoms with Crippen molar-refractivity contribution in [3.05, 3.63) is 58.6 Å². The molecule has 3 aromatic rings. The normalized spacial score (nSPS) is 17.2. The topological polar surface area (TPSA) is 85.8 Å². The molecule has 1 aromatic heterocycles. The zero-order valence-corrected chi connectivity index (χ0v) is 19.7. The largest absolute Gasteiger partial charge is 0.481 e. The Labute approximate surface area is 197 Å². The lowest BCUT2D eigenvalue weighted by atomic mass is 9.80. The molecule has 2 aliphatic rings. The molecule has 5 rings (SSSR count). The molecule has 0 bridgehead atoms. The van der Waals surface area contributed by atoms with Crippen molar-refractivity contribution < 1.29 is 14.7 Å². The summed E-state index contributed by atoms with van der Waals surface area (Å²) in [6.45, 7) is 2.33. The van der Waals surface area contributed by atoms with Crippen molar-refractivity contribution >= 4 is 39.1 Å². The molecule has 1 saturated heterocycles. The van der Waals surface area contributed by atoms with E-state index in [-0.39, 0.29) is 12.3 Å². The SMILES string of the molecule is CN(C)C1CN(c2ccc3sc(CNC(=O)C4(CC(=O)O)Cc5ccccc5C4)nc3c2)C1. The number of carboxylic acid groups (broad SMARTS) is 1. The lowest BCUT2D eigenvalue weighted by molar-refractivity contribution is -0.145. The second-order valence-corrected chi connectivity index (χ2v) is 10.6. The summed E-state index contributed by atoms with van der Waals surface area (Å²) in [4.78, 5) is 34.1. The number of hydrogen-bond donors (Lipinski definition) is 2. The van der Waals surface area contributed by atoms with Crippen molar-refractivity contribution in [2.24, 2.45) is 5.41 Å². The zero-order chi connectivity index (χ0) is 23.2. The van der Waals surface area contributed by atoms with Crippen molar-refractivity contribution in [2.75, 3.05) is 32.1 Å². The van der Waals surface area contributed by atoms with E-state index in [0.717, 1.165) is 39.4 Å². The van der Waals surface area contributed by atoms with E-state index in [2.05, 4.69) is 47.4 Å². The van der Waals surface area contributed by atoms with Gasteiger partial charge in [-0.05, 0) is 56.3 Å². The highest BCUT2D eigenvalue weighted by molar-refractivity contribution is 7.18. The monoisotopic (exact) mass is 464 g/mol. The molecule has 2 aromatic carbocycles. The number of carbonyl (C=O) groups is 2. The second kappa shape index (κ2) is 8.43. The summed E-state index contributed by atoms with van der Waals surface area (Å²) in [6, 6.07) is 14.8. The third kappa shape index (κ3) is 4.20. The van der Waals surface area contributed by atoms with Crippen molar-refractivity contribution in [1.82, 2.24) is 15.2 Å². The summed E-state index contributed by atoms with van der Waals surface area (Å²) in [5.41, 5.74) is 3.28. The quantitative estimate of drug-likeness (QED) is 0.559. The van der Waals surface area contributed by atoms with Crippen LogP contribution in [0.15, 0.2) is 42.5 Å². The molecule has 1 aliphatic heterocycles. The predicted octanol–water partition coefficient (Wildman–Crippen LogP) is 2.92. The fraction of sp³-hybridized carbons (Fsp3) is 0.400. The number of fused-ring (bicyclic) bond motifs is 2. The number of aromatic nitrogens is 1. The minimum Gasteiger partial charge on any atom is -0.481 e. The van der Waals surface area contributed by atoms with E-state index in [0.29, 0.717) is 25.4 Å². The van der Waals surface area contributed by atoms with E-state index in [1.165, 1.54) is 5.69 Å². The molecule has 1 aliphatic carbocycles. The van der Waals surface area contributed by atoms with Crippen LogP contribution in [0.3, 0.4) is 0 Å². The number of likely N-dealkylation sites (N-methyl/N-ethyl adjacent to an activating group) is 1. The predicted molar refractivity (Wildman–Crippen MR) is 130 cm³/mol. The van der Waals surface area contributed by atoms with Crippen LogP contribution >= 0.6 is 11.3 Å². The molecule has 0 spiro atoms. The van der Waals surface area contributed by atoms with E-state index < -0.39 is 11.4 Å². The highest BCUT2D eigenvalue weighted by atomic mass is 32.1. The summed E-state index contributed by atoms with van der Waals surface area (Å²) in [5.74, 6) is -1.16. The van der Waals surface area contributed by atoms with Crippen molar-refractivity contribution in [1.29, 1.82) is 0 Å². The van der Waals surface area contributed by atoms with E-state index >= 15 is 0 Å². The molecule has 0 saturated carbocycles. The molecule has 33 heavy (non-hydrogen) atoms. The zero-order valence-electron chi connectivity index (χ0n) is 18.9. The Morgan fingerprint density at radius 3 is 2.52 bits per heavy atom. The van der Waals surface area contributed by atoms with Gasteiger partial charge in [0, 0.05) is 24.8 Å². The van der Waals surface area contributed by atoms with Gasteiger partial charge in [0.25, 0.3) is 0 Å². The van der Waals surface area contributed by atoms with E-state index in [1.807, 2.05) is 24.3 Å². The molecule has 172 valence electrons. The first-order chi connectivity index (χ1) is 15.8. The first-order valence-electron chi connectivity index (χ1n) is 11.2. The number of aliphatic carboxylic acids is 1. The van der Waals surface area contributed by atoms with Gasteiger partial charge in [-0.25, -0.2) is 4.98 Å². The molecule has 8 heteroatoms. The second-order valence-electron chi connectivity index (χ2n) is 9.44. The van der Waals surface area contributed by atoms with Crippen LogP contribution in [0.1, 0.15) is 22.6 Å². The fourth-order valence-corrected chi connectivity index (χ4v) is 5.81. The smallest absolute Gasteiger partial charge is 0.304 e. The number of hydrogen-bond acceptors (Lipinski definition) is 6. The Morgan fingerprint density at radius 1 is 1.18 bits per heavy atom. The molecule has 2 N–H and O–H groups in total. The van der Waals surface area contributed by atoms with E-state index in [4.69, 9.17) is 4.98 Å². The van der Waals surface area contributed by atoms with Crippen LogP contribution in [0.2, 0.25) is 0 Å². The number of anilines is 1. The minimum atomic E-state index is -0.951. The average Bonchev–Trinajstić information content (AvgIpc) is 3.30. The van der Waals surface area contributed by atoms with Crippen molar-refractivity contribution in [3.63, 3.8) is 0 Å². The molecular formula is C25H28N4O3S. The number of benzene rings is 2. The van der Waals surface area contributed by atoms with Crippen LogP contribution in [0.5, 0.6) is 0 Å². The van der Waals surface area contributed by atoms with Crippen LogP contribution in [-0.4, -0.2) is 60.1 Å². The Balaban J connectivity index is 1.28. The van der Waals surface area contributed by atoms with Crippen LogP contribution in [0.25, 0.3) is 10.2 Å². The molecule has 0 atom stereocenters. The number of nitrogens with one attached hydrogen (secondary N) is 1. The molecule has 2 heterocycles. The Bertz CT molecular complexity index is 1190. The fourth-order valence-electron chi connectivity index (χ4n) is 4.92. The summed E-state index contributed by atoms with van der Waals surface area (Å²) >= 11 is 1.56. The Kier molecular flexibility index (Phi) is 5.58. The van der Waals surface area contributed by atoms with Gasteiger partial charge in [-0.3, -0.25) is 9.59 Å². The number of thiazole rings is 1. The number of carbonyl (C=O) groups excluding carboxylic acids is 1. The van der Waals surface area contributed by atoms with Gasteiger partial charge >= 0.3 is 5.97 Å². The first kappa shape index (κ1) is 21.9. The maximum absolute atomic E-state index is 13.2. The molecule has 7 nitrogen and oxygen atoms in total.